The third-order valence-corrected chi connectivity index (χ3v) is 2.97. The van der Waals surface area contributed by atoms with E-state index in [1.165, 1.54) is 4.52 Å². The maximum atomic E-state index is 11.8. The fourth-order valence-electron chi connectivity index (χ4n) is 1.68. The van der Waals surface area contributed by atoms with Crippen LogP contribution in [0.1, 0.15) is 5.82 Å². The highest BCUT2D eigenvalue weighted by Crippen LogP contribution is 2.12. The number of rotatable bonds is 3. The predicted octanol–water partition coefficient (Wildman–Crippen LogP) is 0.833. The zero-order valence-electron chi connectivity index (χ0n) is 11.0. The smallest absolute Gasteiger partial charge is 0.322 e. The number of pyridine rings is 1. The van der Waals surface area contributed by atoms with E-state index in [4.69, 9.17) is 11.6 Å². The van der Waals surface area contributed by atoms with Crippen LogP contribution in [0, 0.1) is 0 Å². The molecule has 0 aromatic carbocycles. The summed E-state index contributed by atoms with van der Waals surface area (Å²) < 4.78 is 3.23. The van der Waals surface area contributed by atoms with Gasteiger partial charge in [0.25, 0.3) is 5.95 Å². The van der Waals surface area contributed by atoms with Crippen LogP contribution in [0.2, 0.25) is 5.02 Å². The number of fused-ring (bicyclic) bond motifs is 1. The van der Waals surface area contributed by atoms with Gasteiger partial charge in [-0.05, 0) is 6.07 Å². The van der Waals surface area contributed by atoms with Gasteiger partial charge >= 0.3 is 6.03 Å². The lowest BCUT2D eigenvalue weighted by atomic mass is 10.5. The molecule has 0 unspecified atom stereocenters. The van der Waals surface area contributed by atoms with E-state index in [0.717, 1.165) is 0 Å². The fourth-order valence-corrected chi connectivity index (χ4v) is 1.84. The zero-order chi connectivity index (χ0) is 14.8. The molecule has 2 N–H and O–H groups in total. The van der Waals surface area contributed by atoms with Crippen molar-refractivity contribution < 1.29 is 4.79 Å². The average molecular weight is 307 g/mol. The van der Waals surface area contributed by atoms with E-state index < -0.39 is 6.03 Å². The molecule has 3 rings (SSSR count). The summed E-state index contributed by atoms with van der Waals surface area (Å²) in [6.45, 7) is 0.252. The van der Waals surface area contributed by atoms with Gasteiger partial charge in [-0.25, -0.2) is 9.31 Å². The van der Waals surface area contributed by atoms with E-state index in [9.17, 15) is 4.79 Å². The van der Waals surface area contributed by atoms with Crippen molar-refractivity contribution in [2.45, 2.75) is 6.54 Å². The van der Waals surface area contributed by atoms with Crippen LogP contribution in [-0.2, 0) is 13.6 Å². The highest BCUT2D eigenvalue weighted by Gasteiger charge is 2.09. The molecule has 0 aliphatic heterocycles. The molecule has 0 aliphatic carbocycles. The van der Waals surface area contributed by atoms with Crippen LogP contribution in [0.4, 0.5) is 10.7 Å². The van der Waals surface area contributed by atoms with E-state index in [0.29, 0.717) is 16.5 Å². The summed E-state index contributed by atoms with van der Waals surface area (Å²) in [5, 5.41) is 17.4. The number of hydrogen-bond donors (Lipinski definition) is 2. The van der Waals surface area contributed by atoms with Crippen LogP contribution in [-0.4, -0.2) is 35.4 Å². The number of nitrogens with one attached hydrogen (secondary N) is 2. The van der Waals surface area contributed by atoms with Crippen LogP contribution in [0.15, 0.2) is 24.7 Å². The molecule has 0 radical (unpaired) electrons. The Kier molecular flexibility index (Phi) is 3.40. The molecule has 2 amide bonds. The second kappa shape index (κ2) is 5.37. The third kappa shape index (κ3) is 2.92. The van der Waals surface area contributed by atoms with Crippen molar-refractivity contribution in [3.63, 3.8) is 0 Å². The Morgan fingerprint density at radius 1 is 1.48 bits per heavy atom. The van der Waals surface area contributed by atoms with E-state index in [1.54, 1.807) is 36.3 Å². The lowest BCUT2D eigenvalue weighted by Gasteiger charge is -2.03. The van der Waals surface area contributed by atoms with Crippen LogP contribution >= 0.6 is 11.6 Å². The topological polar surface area (TPSA) is 102 Å². The van der Waals surface area contributed by atoms with Crippen molar-refractivity contribution in [2.24, 2.45) is 7.05 Å². The van der Waals surface area contributed by atoms with Crippen molar-refractivity contribution in [3.05, 3.63) is 35.5 Å². The molecular formula is C11H11ClN8O. The summed E-state index contributed by atoms with van der Waals surface area (Å²) in [5.74, 6) is 0.827. The summed E-state index contributed by atoms with van der Waals surface area (Å²) in [5.41, 5.74) is 0.547. The van der Waals surface area contributed by atoms with Crippen molar-refractivity contribution in [3.8, 4) is 0 Å². The van der Waals surface area contributed by atoms with Gasteiger partial charge in [0.2, 0.25) is 0 Å². The normalized spacial score (nSPS) is 10.8. The summed E-state index contributed by atoms with van der Waals surface area (Å²) in [4.78, 5) is 15.9. The largest absolute Gasteiger partial charge is 0.330 e. The number of anilines is 1. The van der Waals surface area contributed by atoms with Gasteiger partial charge in [0.1, 0.15) is 6.33 Å². The number of carbonyl (C=O) groups is 1. The molecule has 0 saturated heterocycles. The molecule has 0 atom stereocenters. The number of carbonyl (C=O) groups excluding carboxylic acids is 1. The molecule has 3 aromatic rings. The average Bonchev–Trinajstić information content (AvgIpc) is 3.01. The van der Waals surface area contributed by atoms with Gasteiger partial charge in [0, 0.05) is 24.3 Å². The first-order chi connectivity index (χ1) is 10.1. The first kappa shape index (κ1) is 13.3. The van der Waals surface area contributed by atoms with E-state index in [2.05, 4.69) is 30.9 Å². The highest BCUT2D eigenvalue weighted by atomic mass is 35.5. The van der Waals surface area contributed by atoms with Crippen molar-refractivity contribution in [1.82, 2.24) is 34.7 Å². The van der Waals surface area contributed by atoms with E-state index in [1.807, 2.05) is 0 Å². The summed E-state index contributed by atoms with van der Waals surface area (Å²) in [6, 6.07) is 2.90. The number of urea groups is 1. The van der Waals surface area contributed by atoms with Crippen molar-refractivity contribution in [1.29, 1.82) is 0 Å². The minimum atomic E-state index is -0.431. The SMILES string of the molecule is Cn1cnnc1CNC(=O)Nc1nc2cc(Cl)ccn2n1. The minimum Gasteiger partial charge on any atom is -0.330 e. The number of aryl methyl sites for hydroxylation is 1. The third-order valence-electron chi connectivity index (χ3n) is 2.74. The van der Waals surface area contributed by atoms with E-state index in [-0.39, 0.29) is 12.5 Å². The molecule has 0 bridgehead atoms. The summed E-state index contributed by atoms with van der Waals surface area (Å²) in [6.07, 6.45) is 3.22. The van der Waals surface area contributed by atoms with Crippen LogP contribution < -0.4 is 10.6 Å². The number of nitrogens with zero attached hydrogens (tertiary/aromatic N) is 6. The molecule has 9 nitrogen and oxygen atoms in total. The van der Waals surface area contributed by atoms with Gasteiger partial charge in [-0.15, -0.1) is 15.3 Å². The van der Waals surface area contributed by atoms with E-state index >= 15 is 0 Å². The predicted molar refractivity (Wildman–Crippen MR) is 74.9 cm³/mol. The lowest BCUT2D eigenvalue weighted by molar-refractivity contribution is 0.251. The maximum Gasteiger partial charge on any atom is 0.322 e. The van der Waals surface area contributed by atoms with Gasteiger partial charge in [0.15, 0.2) is 11.5 Å². The van der Waals surface area contributed by atoms with Crippen LogP contribution in [0.5, 0.6) is 0 Å². The van der Waals surface area contributed by atoms with Gasteiger partial charge in [-0.3, -0.25) is 5.32 Å². The summed E-state index contributed by atoms with van der Waals surface area (Å²) in [7, 11) is 1.79. The Labute approximate surface area is 124 Å². The maximum absolute atomic E-state index is 11.8. The first-order valence-electron chi connectivity index (χ1n) is 6.01. The van der Waals surface area contributed by atoms with Crippen LogP contribution in [0.3, 0.4) is 0 Å². The molecular weight excluding hydrogens is 296 g/mol. The Hall–Kier alpha value is -2.68. The molecule has 0 spiro atoms. The Bertz CT molecular complexity index is 794. The number of hydrogen-bond acceptors (Lipinski definition) is 5. The molecule has 0 saturated carbocycles. The number of amides is 2. The fraction of sp³-hybridized carbons (Fsp3) is 0.182. The molecule has 0 fully saturated rings. The molecule has 0 aliphatic rings. The molecule has 3 heterocycles. The number of halogens is 1. The Balaban J connectivity index is 1.64. The van der Waals surface area contributed by atoms with Gasteiger partial charge in [-0.2, -0.15) is 4.98 Å². The van der Waals surface area contributed by atoms with Gasteiger partial charge in [-0.1, -0.05) is 11.6 Å². The minimum absolute atomic E-state index is 0.188. The molecule has 10 heteroatoms. The molecule has 3 aromatic heterocycles. The second-order valence-electron chi connectivity index (χ2n) is 4.25. The quantitative estimate of drug-likeness (QED) is 0.746. The summed E-state index contributed by atoms with van der Waals surface area (Å²) >= 11 is 5.86. The van der Waals surface area contributed by atoms with Gasteiger partial charge in [0.05, 0.1) is 6.54 Å². The monoisotopic (exact) mass is 306 g/mol. The van der Waals surface area contributed by atoms with Crippen molar-refractivity contribution in [2.75, 3.05) is 5.32 Å². The number of aromatic nitrogens is 6. The highest BCUT2D eigenvalue weighted by molar-refractivity contribution is 6.30. The molecule has 21 heavy (non-hydrogen) atoms. The standard InChI is InChI=1S/C11H11ClN8O/c1-19-6-14-17-9(19)5-13-11(21)16-10-15-8-4-7(12)2-3-20(8)18-10/h2-4,6H,5H2,1H3,(H2,13,16,18,21). The molecule has 108 valence electrons. The van der Waals surface area contributed by atoms with Crippen molar-refractivity contribution >= 4 is 29.2 Å². The zero-order valence-corrected chi connectivity index (χ0v) is 11.7. The van der Waals surface area contributed by atoms with Gasteiger partial charge < -0.3 is 9.88 Å². The Morgan fingerprint density at radius 3 is 3.10 bits per heavy atom. The first-order valence-corrected chi connectivity index (χ1v) is 6.39. The lowest BCUT2D eigenvalue weighted by Crippen LogP contribution is -2.29. The Morgan fingerprint density at radius 2 is 2.33 bits per heavy atom. The second-order valence-corrected chi connectivity index (χ2v) is 4.69. The van der Waals surface area contributed by atoms with Crippen LogP contribution in [0.25, 0.3) is 5.65 Å².